The van der Waals surface area contributed by atoms with E-state index in [2.05, 4.69) is 10.1 Å². The number of phosphoric ester groups is 1. The Hall–Kier alpha value is -4.75. The summed E-state index contributed by atoms with van der Waals surface area (Å²) in [5, 5.41) is 14.8. The lowest BCUT2D eigenvalue weighted by Gasteiger charge is -2.28. The zero-order valence-electron chi connectivity index (χ0n) is 28.0. The van der Waals surface area contributed by atoms with Gasteiger partial charge in [0.1, 0.15) is 29.8 Å². The van der Waals surface area contributed by atoms with Crippen LogP contribution in [0.1, 0.15) is 59.7 Å². The molecule has 1 aliphatic heterocycles. The fourth-order valence-corrected chi connectivity index (χ4v) is 6.01. The van der Waals surface area contributed by atoms with E-state index in [1.165, 1.54) is 16.6 Å². The number of rotatable bonds is 12. The second-order valence-electron chi connectivity index (χ2n) is 12.2. The minimum Gasteiger partial charge on any atom is -0.456 e. The number of nitrogens with zero attached hydrogens (tertiary/aromatic N) is 4. The monoisotopic (exact) mass is 703 g/mol. The molecule has 1 unspecified atom stereocenters. The predicted octanol–water partition coefficient (Wildman–Crippen LogP) is 4.33. The van der Waals surface area contributed by atoms with Crippen LogP contribution in [-0.2, 0) is 57.9 Å². The van der Waals surface area contributed by atoms with Crippen molar-refractivity contribution in [2.75, 3.05) is 19.1 Å². The second-order valence-corrected chi connectivity index (χ2v) is 13.8. The van der Waals surface area contributed by atoms with Crippen molar-refractivity contribution >= 4 is 37.3 Å². The number of nitriles is 1. The summed E-state index contributed by atoms with van der Waals surface area (Å²) in [5.74, 6) is -1.49. The van der Waals surface area contributed by atoms with Crippen LogP contribution in [0.3, 0.4) is 0 Å². The molecule has 1 saturated heterocycles. The summed E-state index contributed by atoms with van der Waals surface area (Å²) in [6, 6.07) is 11.6. The summed E-state index contributed by atoms with van der Waals surface area (Å²) in [4.78, 5) is 40.5. The van der Waals surface area contributed by atoms with Crippen LogP contribution in [0.5, 0.6) is 5.75 Å². The largest absolute Gasteiger partial charge is 0.533 e. The molecule has 3 heterocycles. The topological polar surface area (TPSA) is 222 Å². The molecule has 264 valence electrons. The number of carbonyl (C=O) groups is 3. The van der Waals surface area contributed by atoms with Gasteiger partial charge in [0.2, 0.25) is 12.4 Å². The van der Waals surface area contributed by atoms with Gasteiger partial charge < -0.3 is 33.9 Å². The van der Waals surface area contributed by atoms with Gasteiger partial charge in [0.15, 0.2) is 18.0 Å². The average Bonchev–Trinajstić information content (AvgIpc) is 3.56. The standard InChI is InChI=1S/C31H38N5O12P/c1-18(2)44-29(39)41-17-43-49(40,48-22-10-8-21(9-11-22)30(5,6)7)42-14-24-26(45-19(3)37)27(46-20(4)38)31(15-32,47-24)25-13-12-23-28(33)34-16-35-36(23)25/h8-13,16,18,24,26-27H,14,17H2,1-7H3,(H2,33,34,35)/t24-,26-,27-,31+,49?/m1/s1. The number of nitrogen functional groups attached to an aromatic ring is 1. The number of nitrogens with two attached hydrogens (primary N) is 1. The number of hydrogen-bond donors (Lipinski definition) is 1. The molecule has 1 fully saturated rings. The van der Waals surface area contributed by atoms with Gasteiger partial charge in [-0.25, -0.2) is 23.4 Å². The number of anilines is 1. The summed E-state index contributed by atoms with van der Waals surface area (Å²) in [5.41, 5.74) is 4.95. The van der Waals surface area contributed by atoms with E-state index < -0.39 is 69.3 Å². The van der Waals surface area contributed by atoms with E-state index in [0.717, 1.165) is 25.7 Å². The van der Waals surface area contributed by atoms with Gasteiger partial charge in [0.05, 0.1) is 18.4 Å². The first-order chi connectivity index (χ1) is 23.0. The fourth-order valence-electron chi connectivity index (χ4n) is 4.94. The van der Waals surface area contributed by atoms with Crippen molar-refractivity contribution in [1.82, 2.24) is 14.6 Å². The average molecular weight is 704 g/mol. The molecule has 1 aromatic carbocycles. The quantitative estimate of drug-likeness (QED) is 0.120. The molecule has 17 nitrogen and oxygen atoms in total. The molecule has 0 aliphatic carbocycles. The Labute approximate surface area is 282 Å². The van der Waals surface area contributed by atoms with E-state index in [1.807, 2.05) is 26.8 Å². The predicted molar refractivity (Wildman–Crippen MR) is 169 cm³/mol. The van der Waals surface area contributed by atoms with E-state index in [-0.39, 0.29) is 22.7 Å². The highest BCUT2D eigenvalue weighted by atomic mass is 31.2. The van der Waals surface area contributed by atoms with Crippen LogP contribution in [0.4, 0.5) is 10.6 Å². The number of carbonyl (C=O) groups excluding carboxylic acids is 3. The number of ether oxygens (including phenoxy) is 5. The summed E-state index contributed by atoms with van der Waals surface area (Å²) >= 11 is 0. The van der Waals surface area contributed by atoms with Gasteiger partial charge in [-0.15, -0.1) is 0 Å². The molecular weight excluding hydrogens is 665 g/mol. The molecule has 0 saturated carbocycles. The Balaban J connectivity index is 1.69. The van der Waals surface area contributed by atoms with E-state index in [4.69, 9.17) is 43.0 Å². The molecule has 4 rings (SSSR count). The Morgan fingerprint density at radius 1 is 1.08 bits per heavy atom. The fraction of sp³-hybridized carbons (Fsp3) is 0.484. The second kappa shape index (κ2) is 14.8. The normalized spacial score (nSPS) is 21.8. The molecule has 49 heavy (non-hydrogen) atoms. The van der Waals surface area contributed by atoms with E-state index >= 15 is 0 Å². The van der Waals surface area contributed by atoms with Crippen molar-refractivity contribution < 1.29 is 56.2 Å². The third-order valence-electron chi connectivity index (χ3n) is 7.08. The van der Waals surface area contributed by atoms with Gasteiger partial charge in [0.25, 0.3) is 0 Å². The SMILES string of the molecule is CC(=O)O[C@H]1[C@@H](OC(C)=O)[C@](C#N)(c2ccc3c(N)ncnn23)O[C@@H]1COP(=O)(OCOC(=O)OC(C)C)Oc1ccc(C(C)(C)C)cc1. The molecule has 2 aromatic heterocycles. The lowest BCUT2D eigenvalue weighted by molar-refractivity contribution is -0.166. The molecular formula is C31H38N5O12P. The Morgan fingerprint density at radius 2 is 1.76 bits per heavy atom. The highest BCUT2D eigenvalue weighted by Crippen LogP contribution is 2.51. The number of esters is 2. The molecule has 0 amide bonds. The minimum atomic E-state index is -4.69. The molecule has 2 N–H and O–H groups in total. The van der Waals surface area contributed by atoms with E-state index in [9.17, 15) is 24.2 Å². The molecule has 5 atom stereocenters. The van der Waals surface area contributed by atoms with E-state index in [1.54, 1.807) is 38.1 Å². The summed E-state index contributed by atoms with van der Waals surface area (Å²) in [7, 11) is -4.69. The van der Waals surface area contributed by atoms with Crippen LogP contribution in [0.15, 0.2) is 42.7 Å². The van der Waals surface area contributed by atoms with Crippen LogP contribution in [-0.4, -0.2) is 70.5 Å². The number of phosphoric acid groups is 1. The lowest BCUT2D eigenvalue weighted by atomic mass is 9.87. The lowest BCUT2D eigenvalue weighted by Crippen LogP contribution is -2.45. The Morgan fingerprint density at radius 3 is 2.35 bits per heavy atom. The zero-order valence-corrected chi connectivity index (χ0v) is 28.9. The molecule has 3 aromatic rings. The highest BCUT2D eigenvalue weighted by molar-refractivity contribution is 7.48. The highest BCUT2D eigenvalue weighted by Gasteiger charge is 2.62. The summed E-state index contributed by atoms with van der Waals surface area (Å²) < 4.78 is 59.0. The van der Waals surface area contributed by atoms with Gasteiger partial charge in [0, 0.05) is 13.8 Å². The van der Waals surface area contributed by atoms with Crippen LogP contribution >= 0.6 is 7.82 Å². The molecule has 18 heteroatoms. The van der Waals surface area contributed by atoms with Crippen molar-refractivity contribution in [1.29, 1.82) is 5.26 Å². The van der Waals surface area contributed by atoms with Crippen molar-refractivity contribution in [3.8, 4) is 11.8 Å². The minimum absolute atomic E-state index is 0.0525. The van der Waals surface area contributed by atoms with Crippen molar-refractivity contribution in [3.63, 3.8) is 0 Å². The van der Waals surface area contributed by atoms with Gasteiger partial charge in [-0.3, -0.25) is 14.1 Å². The third-order valence-corrected chi connectivity index (χ3v) is 8.40. The summed E-state index contributed by atoms with van der Waals surface area (Å²) in [6.45, 7) is 9.81. The number of hydrogen-bond acceptors (Lipinski definition) is 16. The van der Waals surface area contributed by atoms with Gasteiger partial charge >= 0.3 is 25.9 Å². The van der Waals surface area contributed by atoms with E-state index in [0.29, 0.717) is 5.52 Å². The molecule has 0 radical (unpaired) electrons. The Kier molecular flexibility index (Phi) is 11.2. The van der Waals surface area contributed by atoms with Crippen molar-refractivity contribution in [3.05, 3.63) is 54.0 Å². The van der Waals surface area contributed by atoms with Crippen LogP contribution < -0.4 is 10.3 Å². The third kappa shape index (κ3) is 8.65. The molecule has 0 bridgehead atoms. The maximum Gasteiger partial charge on any atom is 0.533 e. The number of fused-ring (bicyclic) bond motifs is 1. The first-order valence-electron chi connectivity index (χ1n) is 15.0. The maximum atomic E-state index is 14.0. The van der Waals surface area contributed by atoms with Crippen molar-refractivity contribution in [2.45, 2.75) is 83.9 Å². The summed E-state index contributed by atoms with van der Waals surface area (Å²) in [6.07, 6.45) is -4.94. The van der Waals surface area contributed by atoms with Crippen LogP contribution in [0, 0.1) is 11.3 Å². The van der Waals surface area contributed by atoms with Gasteiger partial charge in [-0.1, -0.05) is 32.9 Å². The van der Waals surface area contributed by atoms with Gasteiger partial charge in [-0.2, -0.15) is 10.4 Å². The van der Waals surface area contributed by atoms with Gasteiger partial charge in [-0.05, 0) is 49.1 Å². The van der Waals surface area contributed by atoms with Crippen LogP contribution in [0.2, 0.25) is 0 Å². The number of aromatic nitrogens is 3. The smallest absolute Gasteiger partial charge is 0.456 e. The zero-order chi connectivity index (χ0) is 36.1. The first-order valence-corrected chi connectivity index (χ1v) is 16.5. The molecule has 0 spiro atoms. The van der Waals surface area contributed by atoms with Crippen LogP contribution in [0.25, 0.3) is 5.52 Å². The maximum absolute atomic E-state index is 14.0. The van der Waals surface area contributed by atoms with Crippen molar-refractivity contribution in [2.24, 2.45) is 0 Å². The first kappa shape index (κ1) is 37.1. The Bertz CT molecular complexity index is 1770. The molecule has 1 aliphatic rings. The number of benzene rings is 1.